The number of hydrogen-bond donors (Lipinski definition) is 0. The minimum atomic E-state index is -3.61. The van der Waals surface area contributed by atoms with Crippen molar-refractivity contribution in [3.8, 4) is 0 Å². The zero-order chi connectivity index (χ0) is 20.6. The van der Waals surface area contributed by atoms with Crippen LogP contribution >= 0.6 is 0 Å². The average molecular weight is 413 g/mol. The molecule has 29 heavy (non-hydrogen) atoms. The fourth-order valence-electron chi connectivity index (χ4n) is 4.64. The SMILES string of the molecule is CC1CC(C)CN(S(=O)(=O)c2cccc(C(=O)N3CCCc4ccccc43)c2)C1. The molecule has 154 valence electrons. The summed E-state index contributed by atoms with van der Waals surface area (Å²) in [6.45, 7) is 5.89. The van der Waals surface area contributed by atoms with Gasteiger partial charge in [-0.05, 0) is 60.9 Å². The van der Waals surface area contributed by atoms with Gasteiger partial charge in [-0.15, -0.1) is 0 Å². The Kier molecular flexibility index (Phi) is 5.49. The van der Waals surface area contributed by atoms with Crippen LogP contribution in [0.25, 0.3) is 0 Å². The monoisotopic (exact) mass is 412 g/mol. The van der Waals surface area contributed by atoms with Crippen LogP contribution in [0.15, 0.2) is 53.4 Å². The number of hydrogen-bond acceptors (Lipinski definition) is 3. The predicted octanol–water partition coefficient (Wildman–Crippen LogP) is 3.95. The van der Waals surface area contributed by atoms with Crippen LogP contribution in [-0.2, 0) is 16.4 Å². The first-order valence-corrected chi connectivity index (χ1v) is 11.8. The number of rotatable bonds is 3. The van der Waals surface area contributed by atoms with E-state index in [9.17, 15) is 13.2 Å². The van der Waals surface area contributed by atoms with Gasteiger partial charge in [0.15, 0.2) is 0 Å². The van der Waals surface area contributed by atoms with Crippen molar-refractivity contribution in [3.05, 3.63) is 59.7 Å². The van der Waals surface area contributed by atoms with Gasteiger partial charge in [0.1, 0.15) is 0 Å². The molecule has 2 unspecified atom stereocenters. The second kappa shape index (κ2) is 7.92. The lowest BCUT2D eigenvalue weighted by Gasteiger charge is -2.34. The number of anilines is 1. The maximum Gasteiger partial charge on any atom is 0.258 e. The van der Waals surface area contributed by atoms with E-state index in [4.69, 9.17) is 0 Å². The fraction of sp³-hybridized carbons (Fsp3) is 0.435. The van der Waals surface area contributed by atoms with Crippen LogP contribution in [0.5, 0.6) is 0 Å². The number of amides is 1. The van der Waals surface area contributed by atoms with Crippen LogP contribution in [-0.4, -0.2) is 38.3 Å². The van der Waals surface area contributed by atoms with E-state index in [0.717, 1.165) is 30.5 Å². The summed E-state index contributed by atoms with van der Waals surface area (Å²) in [7, 11) is -3.61. The minimum absolute atomic E-state index is 0.144. The summed E-state index contributed by atoms with van der Waals surface area (Å²) in [6, 6.07) is 14.5. The molecule has 5 nitrogen and oxygen atoms in total. The fourth-order valence-corrected chi connectivity index (χ4v) is 6.37. The van der Waals surface area contributed by atoms with Crippen LogP contribution in [0.3, 0.4) is 0 Å². The van der Waals surface area contributed by atoms with Crippen molar-refractivity contribution in [3.63, 3.8) is 0 Å². The Labute approximate surface area is 173 Å². The topological polar surface area (TPSA) is 57.7 Å². The Morgan fingerprint density at radius 3 is 2.48 bits per heavy atom. The van der Waals surface area contributed by atoms with Gasteiger partial charge in [-0.1, -0.05) is 38.1 Å². The van der Waals surface area contributed by atoms with Gasteiger partial charge >= 0.3 is 0 Å². The summed E-state index contributed by atoms with van der Waals surface area (Å²) in [4.78, 5) is 15.2. The number of carbonyl (C=O) groups is 1. The number of sulfonamides is 1. The van der Waals surface area contributed by atoms with E-state index in [1.807, 2.05) is 24.3 Å². The molecule has 0 N–H and O–H groups in total. The van der Waals surface area contributed by atoms with Crippen LogP contribution in [0.4, 0.5) is 5.69 Å². The van der Waals surface area contributed by atoms with Gasteiger partial charge in [0.25, 0.3) is 5.91 Å². The molecule has 1 fully saturated rings. The third-order valence-corrected chi connectivity index (χ3v) is 7.74. The smallest absolute Gasteiger partial charge is 0.258 e. The number of para-hydroxylation sites is 1. The zero-order valence-corrected chi connectivity index (χ0v) is 17.9. The molecule has 2 aromatic carbocycles. The van der Waals surface area contributed by atoms with Crippen LogP contribution in [0, 0.1) is 11.8 Å². The minimum Gasteiger partial charge on any atom is -0.308 e. The van der Waals surface area contributed by atoms with Gasteiger partial charge in [-0.2, -0.15) is 4.31 Å². The quantitative estimate of drug-likeness (QED) is 0.767. The van der Waals surface area contributed by atoms with Gasteiger partial charge in [0, 0.05) is 30.9 Å². The van der Waals surface area contributed by atoms with E-state index in [1.54, 1.807) is 33.5 Å². The van der Waals surface area contributed by atoms with Gasteiger partial charge in [-0.3, -0.25) is 4.79 Å². The first-order chi connectivity index (χ1) is 13.9. The number of nitrogens with zero attached hydrogens (tertiary/aromatic N) is 2. The summed E-state index contributed by atoms with van der Waals surface area (Å²) in [6.07, 6.45) is 2.91. The summed E-state index contributed by atoms with van der Waals surface area (Å²) in [5, 5.41) is 0. The molecule has 6 heteroatoms. The summed E-state index contributed by atoms with van der Waals surface area (Å²) in [5.41, 5.74) is 2.50. The molecule has 0 spiro atoms. The molecule has 0 radical (unpaired) electrons. The first kappa shape index (κ1) is 20.1. The van der Waals surface area contributed by atoms with E-state index in [0.29, 0.717) is 37.0 Å². The molecule has 2 aliphatic heterocycles. The number of piperidine rings is 1. The van der Waals surface area contributed by atoms with E-state index in [-0.39, 0.29) is 10.8 Å². The maximum atomic E-state index is 13.2. The summed E-state index contributed by atoms with van der Waals surface area (Å²) < 4.78 is 28.0. The second-order valence-electron chi connectivity index (χ2n) is 8.48. The number of carbonyl (C=O) groups excluding carboxylic acids is 1. The van der Waals surface area contributed by atoms with Crippen LogP contribution < -0.4 is 4.90 Å². The highest BCUT2D eigenvalue weighted by Crippen LogP contribution is 2.30. The summed E-state index contributed by atoms with van der Waals surface area (Å²) >= 11 is 0. The molecule has 2 atom stereocenters. The van der Waals surface area contributed by atoms with Gasteiger partial charge in [0.05, 0.1) is 4.90 Å². The molecule has 0 aromatic heterocycles. The Hall–Kier alpha value is -2.18. The molecule has 2 aliphatic rings. The average Bonchev–Trinajstić information content (AvgIpc) is 2.72. The Morgan fingerprint density at radius 1 is 1.00 bits per heavy atom. The van der Waals surface area contributed by atoms with E-state index in [2.05, 4.69) is 13.8 Å². The lowest BCUT2D eigenvalue weighted by atomic mass is 9.94. The van der Waals surface area contributed by atoms with Gasteiger partial charge in [-0.25, -0.2) is 8.42 Å². The Morgan fingerprint density at radius 2 is 1.72 bits per heavy atom. The Bertz CT molecular complexity index is 1010. The molecule has 0 aliphatic carbocycles. The lowest BCUT2D eigenvalue weighted by molar-refractivity contribution is 0.0985. The highest BCUT2D eigenvalue weighted by atomic mass is 32.2. The van der Waals surface area contributed by atoms with Crippen LogP contribution in [0.1, 0.15) is 42.6 Å². The molecule has 0 saturated carbocycles. The van der Waals surface area contributed by atoms with Crippen molar-refractivity contribution >= 4 is 21.6 Å². The van der Waals surface area contributed by atoms with E-state index >= 15 is 0 Å². The molecule has 4 rings (SSSR count). The zero-order valence-electron chi connectivity index (χ0n) is 17.0. The van der Waals surface area contributed by atoms with Crippen molar-refractivity contribution in [1.29, 1.82) is 0 Å². The third kappa shape index (κ3) is 3.96. The second-order valence-corrected chi connectivity index (χ2v) is 10.4. The van der Waals surface area contributed by atoms with Crippen molar-refractivity contribution in [2.24, 2.45) is 11.8 Å². The molecule has 0 bridgehead atoms. The lowest BCUT2D eigenvalue weighted by Crippen LogP contribution is -2.42. The highest BCUT2D eigenvalue weighted by molar-refractivity contribution is 7.89. The molecule has 2 aromatic rings. The van der Waals surface area contributed by atoms with Crippen molar-refractivity contribution in [1.82, 2.24) is 4.31 Å². The highest BCUT2D eigenvalue weighted by Gasteiger charge is 2.32. The standard InChI is InChI=1S/C23H28N2O3S/c1-17-13-18(2)16-24(15-17)29(27,28)21-10-5-8-20(14-21)23(26)25-12-6-9-19-7-3-4-11-22(19)25/h3-5,7-8,10-11,14,17-18H,6,9,12-13,15-16H2,1-2H3. The largest absolute Gasteiger partial charge is 0.308 e. The predicted molar refractivity (Wildman–Crippen MR) is 115 cm³/mol. The third-order valence-electron chi connectivity index (χ3n) is 5.91. The van der Waals surface area contributed by atoms with Crippen molar-refractivity contribution in [2.75, 3.05) is 24.5 Å². The number of benzene rings is 2. The number of aryl methyl sites for hydroxylation is 1. The van der Waals surface area contributed by atoms with Crippen molar-refractivity contribution in [2.45, 2.75) is 38.0 Å². The maximum absolute atomic E-state index is 13.2. The van der Waals surface area contributed by atoms with Crippen molar-refractivity contribution < 1.29 is 13.2 Å². The molecule has 1 saturated heterocycles. The van der Waals surface area contributed by atoms with Gasteiger partial charge in [0.2, 0.25) is 10.0 Å². The number of fused-ring (bicyclic) bond motifs is 1. The normalized spacial score (nSPS) is 22.9. The van der Waals surface area contributed by atoms with Crippen LogP contribution in [0.2, 0.25) is 0 Å². The van der Waals surface area contributed by atoms with E-state index in [1.165, 1.54) is 0 Å². The Balaban J connectivity index is 1.63. The molecule has 2 heterocycles. The molecular weight excluding hydrogens is 384 g/mol. The molecule has 1 amide bonds. The van der Waals surface area contributed by atoms with Gasteiger partial charge < -0.3 is 4.90 Å². The molecular formula is C23H28N2O3S. The van der Waals surface area contributed by atoms with E-state index < -0.39 is 10.0 Å². The summed E-state index contributed by atoms with van der Waals surface area (Å²) in [5.74, 6) is 0.529. The first-order valence-electron chi connectivity index (χ1n) is 10.4.